The highest BCUT2D eigenvalue weighted by molar-refractivity contribution is 6.00. The lowest BCUT2D eigenvalue weighted by molar-refractivity contribution is 0.0974. The van der Waals surface area contributed by atoms with Gasteiger partial charge in [0.2, 0.25) is 0 Å². The molecule has 0 radical (unpaired) electrons. The standard InChI is InChI=1S/C25H31N5O2/c1-17-18(2)30(15-21-9-6-12-32-21)24-22(17)23(26-16-27-24)28-25(31)29-11-10-20(14-29)13-19-7-4-3-5-8-19/h3-5,7-8,16,20-21H,6,9-15H2,1-2H3,(H,26,27,28,31)/t20-,21-/m0/s1. The Morgan fingerprint density at radius 3 is 2.81 bits per heavy atom. The first-order chi connectivity index (χ1) is 15.6. The van der Waals surface area contributed by atoms with E-state index in [1.807, 2.05) is 11.0 Å². The van der Waals surface area contributed by atoms with Gasteiger partial charge in [0.25, 0.3) is 0 Å². The fraction of sp³-hybridized carbons (Fsp3) is 0.480. The molecule has 2 aliphatic rings. The fourth-order valence-electron chi connectivity index (χ4n) is 5.09. The van der Waals surface area contributed by atoms with Crippen LogP contribution in [-0.4, -0.2) is 51.3 Å². The van der Waals surface area contributed by atoms with Crippen molar-refractivity contribution in [3.8, 4) is 0 Å². The molecule has 0 aliphatic carbocycles. The molecule has 2 atom stereocenters. The van der Waals surface area contributed by atoms with E-state index in [4.69, 9.17) is 4.74 Å². The van der Waals surface area contributed by atoms with Gasteiger partial charge in [-0.25, -0.2) is 14.8 Å². The van der Waals surface area contributed by atoms with Crippen LogP contribution in [0.5, 0.6) is 0 Å². The average molecular weight is 434 g/mol. The summed E-state index contributed by atoms with van der Waals surface area (Å²) in [5.41, 5.74) is 4.45. The van der Waals surface area contributed by atoms with E-state index in [0.29, 0.717) is 11.7 Å². The summed E-state index contributed by atoms with van der Waals surface area (Å²) >= 11 is 0. The molecule has 4 heterocycles. The number of carbonyl (C=O) groups excluding carboxylic acids is 1. The molecule has 1 aromatic carbocycles. The van der Waals surface area contributed by atoms with Gasteiger partial charge in [0, 0.05) is 25.4 Å². The fourth-order valence-corrected chi connectivity index (χ4v) is 5.09. The Morgan fingerprint density at radius 1 is 1.19 bits per heavy atom. The van der Waals surface area contributed by atoms with E-state index in [1.165, 1.54) is 5.56 Å². The van der Waals surface area contributed by atoms with Crippen molar-refractivity contribution >= 4 is 22.9 Å². The number of anilines is 1. The number of fused-ring (bicyclic) bond motifs is 1. The van der Waals surface area contributed by atoms with Gasteiger partial charge >= 0.3 is 6.03 Å². The molecule has 0 bridgehead atoms. The molecular formula is C25H31N5O2. The summed E-state index contributed by atoms with van der Waals surface area (Å²) in [4.78, 5) is 24.0. The van der Waals surface area contributed by atoms with Crippen LogP contribution in [0.4, 0.5) is 10.6 Å². The van der Waals surface area contributed by atoms with Crippen molar-refractivity contribution in [1.82, 2.24) is 19.4 Å². The van der Waals surface area contributed by atoms with Crippen LogP contribution in [0, 0.1) is 19.8 Å². The maximum atomic E-state index is 13.1. The summed E-state index contributed by atoms with van der Waals surface area (Å²) in [6.07, 6.45) is 5.99. The molecule has 2 aromatic heterocycles. The van der Waals surface area contributed by atoms with Gasteiger partial charge in [0.15, 0.2) is 0 Å². The number of nitrogens with one attached hydrogen (secondary N) is 1. The molecule has 168 valence electrons. The van der Waals surface area contributed by atoms with Crippen molar-refractivity contribution in [3.63, 3.8) is 0 Å². The van der Waals surface area contributed by atoms with Crippen molar-refractivity contribution in [3.05, 3.63) is 53.5 Å². The molecule has 7 heteroatoms. The Kier molecular flexibility index (Phi) is 5.83. The van der Waals surface area contributed by atoms with E-state index in [9.17, 15) is 4.79 Å². The number of hydrogen-bond donors (Lipinski definition) is 1. The second-order valence-electron chi connectivity index (χ2n) is 9.10. The molecule has 2 fully saturated rings. The molecule has 2 amide bonds. The molecular weight excluding hydrogens is 402 g/mol. The van der Waals surface area contributed by atoms with Gasteiger partial charge in [-0.05, 0) is 56.6 Å². The highest BCUT2D eigenvalue weighted by atomic mass is 16.5. The van der Waals surface area contributed by atoms with Crippen molar-refractivity contribution in [2.24, 2.45) is 5.92 Å². The van der Waals surface area contributed by atoms with Gasteiger partial charge in [-0.3, -0.25) is 5.32 Å². The van der Waals surface area contributed by atoms with E-state index >= 15 is 0 Å². The van der Waals surface area contributed by atoms with Gasteiger partial charge in [0.05, 0.1) is 18.0 Å². The normalized spacial score (nSPS) is 20.9. The van der Waals surface area contributed by atoms with Crippen LogP contribution in [0.2, 0.25) is 0 Å². The number of rotatable bonds is 5. The van der Waals surface area contributed by atoms with Crippen LogP contribution in [0.15, 0.2) is 36.7 Å². The highest BCUT2D eigenvalue weighted by Crippen LogP contribution is 2.30. The second kappa shape index (κ2) is 8.90. The smallest absolute Gasteiger partial charge is 0.323 e. The number of aryl methyl sites for hydroxylation is 1. The zero-order valence-electron chi connectivity index (χ0n) is 18.9. The van der Waals surface area contributed by atoms with E-state index in [0.717, 1.165) is 74.2 Å². The molecule has 3 aromatic rings. The van der Waals surface area contributed by atoms with Gasteiger partial charge in [-0.15, -0.1) is 0 Å². The topological polar surface area (TPSA) is 72.3 Å². The molecule has 0 saturated carbocycles. The maximum absolute atomic E-state index is 13.1. The highest BCUT2D eigenvalue weighted by Gasteiger charge is 2.28. The van der Waals surface area contributed by atoms with Crippen LogP contribution in [0.3, 0.4) is 0 Å². The third-order valence-electron chi connectivity index (χ3n) is 6.98. The monoisotopic (exact) mass is 433 g/mol. The summed E-state index contributed by atoms with van der Waals surface area (Å²) in [5.74, 6) is 1.09. The minimum Gasteiger partial charge on any atom is -0.376 e. The number of hydrogen-bond acceptors (Lipinski definition) is 4. The lowest BCUT2D eigenvalue weighted by Gasteiger charge is -2.17. The van der Waals surface area contributed by atoms with Crippen molar-refractivity contribution < 1.29 is 9.53 Å². The third-order valence-corrected chi connectivity index (χ3v) is 6.98. The number of amides is 2. The Morgan fingerprint density at radius 2 is 2.03 bits per heavy atom. The molecule has 0 unspecified atom stereocenters. The van der Waals surface area contributed by atoms with Gasteiger partial charge in [-0.1, -0.05) is 30.3 Å². The zero-order valence-corrected chi connectivity index (χ0v) is 18.9. The molecule has 2 saturated heterocycles. The Hall–Kier alpha value is -2.93. The molecule has 2 aliphatic heterocycles. The van der Waals surface area contributed by atoms with Crippen LogP contribution in [0.1, 0.15) is 36.1 Å². The van der Waals surface area contributed by atoms with Gasteiger partial charge < -0.3 is 14.2 Å². The second-order valence-corrected chi connectivity index (χ2v) is 9.10. The lowest BCUT2D eigenvalue weighted by Crippen LogP contribution is -2.33. The quantitative estimate of drug-likeness (QED) is 0.650. The van der Waals surface area contributed by atoms with Crippen molar-refractivity contribution in [1.29, 1.82) is 0 Å². The van der Waals surface area contributed by atoms with Gasteiger partial charge in [-0.2, -0.15) is 0 Å². The first kappa shape index (κ1) is 20.9. The summed E-state index contributed by atoms with van der Waals surface area (Å²) in [5, 5.41) is 4.00. The Labute approximate surface area is 188 Å². The maximum Gasteiger partial charge on any atom is 0.323 e. The number of carbonyl (C=O) groups is 1. The number of benzene rings is 1. The Balaban J connectivity index is 1.31. The van der Waals surface area contributed by atoms with Crippen LogP contribution in [0.25, 0.3) is 11.0 Å². The summed E-state index contributed by atoms with van der Waals surface area (Å²) in [6.45, 7) is 7.34. The number of urea groups is 1. The van der Waals surface area contributed by atoms with Gasteiger partial charge in [0.1, 0.15) is 17.8 Å². The first-order valence-electron chi connectivity index (χ1n) is 11.6. The van der Waals surface area contributed by atoms with Crippen LogP contribution in [-0.2, 0) is 17.7 Å². The third kappa shape index (κ3) is 4.09. The van der Waals surface area contributed by atoms with Crippen molar-refractivity contribution in [2.75, 3.05) is 25.0 Å². The molecule has 1 N–H and O–H groups in total. The molecule has 7 nitrogen and oxygen atoms in total. The van der Waals surface area contributed by atoms with Crippen LogP contribution >= 0.6 is 0 Å². The minimum atomic E-state index is -0.0792. The predicted octanol–water partition coefficient (Wildman–Crippen LogP) is 4.32. The largest absolute Gasteiger partial charge is 0.376 e. The summed E-state index contributed by atoms with van der Waals surface area (Å²) in [7, 11) is 0. The summed E-state index contributed by atoms with van der Waals surface area (Å²) < 4.78 is 8.06. The summed E-state index contributed by atoms with van der Waals surface area (Å²) in [6, 6.07) is 10.4. The van der Waals surface area contributed by atoms with E-state index in [-0.39, 0.29) is 12.1 Å². The molecule has 0 spiro atoms. The van der Waals surface area contributed by atoms with E-state index in [1.54, 1.807) is 6.33 Å². The minimum absolute atomic E-state index is 0.0792. The number of ether oxygens (including phenoxy) is 1. The average Bonchev–Trinajstić information content (AvgIpc) is 3.53. The van der Waals surface area contributed by atoms with Crippen molar-refractivity contribution in [2.45, 2.75) is 52.2 Å². The number of aromatic nitrogens is 3. The molecule has 5 rings (SSSR count). The van der Waals surface area contributed by atoms with E-state index < -0.39 is 0 Å². The predicted molar refractivity (Wildman–Crippen MR) is 125 cm³/mol. The number of nitrogens with zero attached hydrogens (tertiary/aromatic N) is 4. The van der Waals surface area contributed by atoms with E-state index in [2.05, 4.69) is 58.0 Å². The van der Waals surface area contributed by atoms with Crippen LogP contribution < -0.4 is 5.32 Å². The number of likely N-dealkylation sites (tertiary alicyclic amines) is 1. The first-order valence-corrected chi connectivity index (χ1v) is 11.6. The molecule has 32 heavy (non-hydrogen) atoms. The zero-order chi connectivity index (χ0) is 22.1. The lowest BCUT2D eigenvalue weighted by atomic mass is 9.99. The Bertz CT molecular complexity index is 1100. The SMILES string of the molecule is Cc1c(C)n(C[C@@H]2CCCO2)c2ncnc(NC(=O)N3CC[C@@H](Cc4ccccc4)C3)c12.